The van der Waals surface area contributed by atoms with Crippen molar-refractivity contribution in [3.05, 3.63) is 64.4 Å². The van der Waals surface area contributed by atoms with Crippen LogP contribution in [0.2, 0.25) is 5.02 Å². The fraction of sp³-hybridized carbons (Fsp3) is 0.348. The second kappa shape index (κ2) is 8.47. The van der Waals surface area contributed by atoms with Crippen molar-refractivity contribution in [3.63, 3.8) is 0 Å². The molecule has 5 nitrogen and oxygen atoms in total. The van der Waals surface area contributed by atoms with Crippen molar-refractivity contribution >= 4 is 28.5 Å². The summed E-state index contributed by atoms with van der Waals surface area (Å²) in [6.45, 7) is 4.38. The lowest BCUT2D eigenvalue weighted by atomic mass is 10.0. The number of carbonyl (C=O) groups excluding carboxylic acids is 1. The number of nitrogens with zero attached hydrogens (tertiary/aromatic N) is 1. The predicted octanol–water partition coefficient (Wildman–Crippen LogP) is 4.97. The number of furan rings is 1. The number of ether oxygens (including phenoxy) is 1. The van der Waals surface area contributed by atoms with Gasteiger partial charge >= 0.3 is 0 Å². The van der Waals surface area contributed by atoms with Gasteiger partial charge in [-0.2, -0.15) is 0 Å². The van der Waals surface area contributed by atoms with Crippen LogP contribution < -0.4 is 10.1 Å². The number of likely N-dealkylation sites (tertiary alicyclic amines) is 1. The van der Waals surface area contributed by atoms with E-state index in [9.17, 15) is 4.79 Å². The molecule has 0 saturated carbocycles. The Balaban J connectivity index is 1.58. The summed E-state index contributed by atoms with van der Waals surface area (Å²) < 4.78 is 11.4. The highest BCUT2D eigenvalue weighted by molar-refractivity contribution is 6.35. The number of amides is 1. The first-order valence-electron chi connectivity index (χ1n) is 9.93. The second-order valence-corrected chi connectivity index (χ2v) is 7.79. The van der Waals surface area contributed by atoms with Gasteiger partial charge < -0.3 is 14.5 Å². The van der Waals surface area contributed by atoms with E-state index in [0.717, 1.165) is 35.4 Å². The number of rotatable bonds is 6. The standard InChI is InChI=1S/C23H25ClN2O3/c1-15-16-9-7-10-18(24)22(16)29-21(15)23(27)25-14-19(26-12-5-6-13-26)17-8-3-4-11-20(17)28-2/h3-4,7-11,19H,5-6,12-14H2,1-2H3,(H,25,27)/t19-/m0/s1. The smallest absolute Gasteiger partial charge is 0.287 e. The van der Waals surface area contributed by atoms with Gasteiger partial charge in [0.2, 0.25) is 0 Å². The number of carbonyl (C=O) groups is 1. The van der Waals surface area contributed by atoms with Gasteiger partial charge in [0.1, 0.15) is 5.75 Å². The number of halogens is 1. The third kappa shape index (κ3) is 3.85. The van der Waals surface area contributed by atoms with Crippen molar-refractivity contribution in [3.8, 4) is 5.75 Å². The van der Waals surface area contributed by atoms with E-state index in [4.69, 9.17) is 20.8 Å². The molecule has 0 aliphatic carbocycles. The molecule has 2 aromatic carbocycles. The van der Waals surface area contributed by atoms with Gasteiger partial charge in [0, 0.05) is 23.1 Å². The van der Waals surface area contributed by atoms with E-state index in [-0.39, 0.29) is 11.9 Å². The number of fused-ring (bicyclic) bond motifs is 1. The highest BCUT2D eigenvalue weighted by atomic mass is 35.5. The van der Waals surface area contributed by atoms with E-state index in [0.29, 0.717) is 22.9 Å². The van der Waals surface area contributed by atoms with E-state index < -0.39 is 0 Å². The van der Waals surface area contributed by atoms with Crippen molar-refractivity contribution in [2.24, 2.45) is 0 Å². The second-order valence-electron chi connectivity index (χ2n) is 7.38. The summed E-state index contributed by atoms with van der Waals surface area (Å²) in [6, 6.07) is 13.6. The van der Waals surface area contributed by atoms with Crippen LogP contribution in [0.3, 0.4) is 0 Å². The van der Waals surface area contributed by atoms with Crippen LogP contribution in [0.15, 0.2) is 46.9 Å². The van der Waals surface area contributed by atoms with Gasteiger partial charge in [0.05, 0.1) is 18.2 Å². The number of hydrogen-bond donors (Lipinski definition) is 1. The summed E-state index contributed by atoms with van der Waals surface area (Å²) in [6.07, 6.45) is 2.33. The van der Waals surface area contributed by atoms with Crippen LogP contribution in [0, 0.1) is 6.92 Å². The minimum absolute atomic E-state index is 0.0471. The number of methoxy groups -OCH3 is 1. The van der Waals surface area contributed by atoms with Gasteiger partial charge in [-0.1, -0.05) is 41.9 Å². The third-order valence-electron chi connectivity index (χ3n) is 5.66. The molecule has 4 rings (SSSR count). The normalized spacial score (nSPS) is 15.6. The SMILES string of the molecule is COc1ccccc1[C@H](CNC(=O)c1oc2c(Cl)cccc2c1C)N1CCCC1. The van der Waals surface area contributed by atoms with Gasteiger partial charge in [-0.3, -0.25) is 9.69 Å². The molecule has 1 aliphatic rings. The van der Waals surface area contributed by atoms with Gasteiger partial charge in [-0.15, -0.1) is 0 Å². The minimum atomic E-state index is -0.228. The molecule has 152 valence electrons. The zero-order valence-corrected chi connectivity index (χ0v) is 17.5. The monoisotopic (exact) mass is 412 g/mol. The van der Waals surface area contributed by atoms with Crippen molar-refractivity contribution in [1.82, 2.24) is 10.2 Å². The summed E-state index contributed by atoms with van der Waals surface area (Å²) in [5, 5.41) is 4.45. The topological polar surface area (TPSA) is 54.7 Å². The minimum Gasteiger partial charge on any atom is -0.496 e. The molecule has 0 unspecified atom stereocenters. The fourth-order valence-corrected chi connectivity index (χ4v) is 4.34. The van der Waals surface area contributed by atoms with Crippen molar-refractivity contribution in [2.75, 3.05) is 26.7 Å². The fourth-order valence-electron chi connectivity index (χ4n) is 4.13. The summed E-state index contributed by atoms with van der Waals surface area (Å²) in [5.41, 5.74) is 2.44. The zero-order chi connectivity index (χ0) is 20.4. The van der Waals surface area contributed by atoms with Gasteiger partial charge in [0.25, 0.3) is 5.91 Å². The molecule has 1 N–H and O–H groups in total. The largest absolute Gasteiger partial charge is 0.496 e. The van der Waals surface area contributed by atoms with Crippen LogP contribution >= 0.6 is 11.6 Å². The Morgan fingerprint density at radius 3 is 2.69 bits per heavy atom. The number of para-hydroxylation sites is 2. The van der Waals surface area contributed by atoms with Crippen LogP contribution in [0.5, 0.6) is 5.75 Å². The average Bonchev–Trinajstić information content (AvgIpc) is 3.38. The Hall–Kier alpha value is -2.50. The molecule has 1 amide bonds. The summed E-state index contributed by atoms with van der Waals surface area (Å²) >= 11 is 6.23. The predicted molar refractivity (Wildman–Crippen MR) is 115 cm³/mol. The number of benzene rings is 2. The lowest BCUT2D eigenvalue weighted by Crippen LogP contribution is -2.37. The number of nitrogens with one attached hydrogen (secondary N) is 1. The van der Waals surface area contributed by atoms with Crippen molar-refractivity contribution < 1.29 is 13.9 Å². The molecule has 1 fully saturated rings. The molecule has 2 heterocycles. The summed E-state index contributed by atoms with van der Waals surface area (Å²) in [7, 11) is 1.68. The van der Waals surface area contributed by atoms with Gasteiger partial charge in [-0.25, -0.2) is 0 Å². The molecular formula is C23H25ClN2O3. The highest BCUT2D eigenvalue weighted by Gasteiger charge is 2.27. The first-order chi connectivity index (χ1) is 14.1. The molecule has 1 atom stereocenters. The first-order valence-corrected chi connectivity index (χ1v) is 10.3. The van der Waals surface area contributed by atoms with E-state index >= 15 is 0 Å². The molecular weight excluding hydrogens is 388 g/mol. The van der Waals surface area contributed by atoms with Crippen molar-refractivity contribution in [1.29, 1.82) is 0 Å². The molecule has 6 heteroatoms. The van der Waals surface area contributed by atoms with Crippen LogP contribution in [-0.2, 0) is 0 Å². The van der Waals surface area contributed by atoms with E-state index in [2.05, 4.69) is 16.3 Å². The number of hydrogen-bond acceptors (Lipinski definition) is 4. The molecule has 3 aromatic rings. The molecule has 1 aliphatic heterocycles. The third-order valence-corrected chi connectivity index (χ3v) is 5.95. The van der Waals surface area contributed by atoms with Crippen LogP contribution in [0.25, 0.3) is 11.0 Å². The number of aryl methyl sites for hydroxylation is 1. The lowest BCUT2D eigenvalue weighted by molar-refractivity contribution is 0.0911. The Labute approximate surface area is 175 Å². The zero-order valence-electron chi connectivity index (χ0n) is 16.7. The summed E-state index contributed by atoms with van der Waals surface area (Å²) in [5.74, 6) is 0.924. The Morgan fingerprint density at radius 1 is 1.21 bits per heavy atom. The van der Waals surface area contributed by atoms with E-state index in [1.165, 1.54) is 12.8 Å². The Kier molecular flexibility index (Phi) is 5.79. The first kappa shape index (κ1) is 19.8. The van der Waals surface area contributed by atoms with Crippen molar-refractivity contribution in [2.45, 2.75) is 25.8 Å². The molecule has 0 radical (unpaired) electrons. The average molecular weight is 413 g/mol. The summed E-state index contributed by atoms with van der Waals surface area (Å²) in [4.78, 5) is 15.4. The Bertz CT molecular complexity index is 1020. The maximum atomic E-state index is 13.0. The maximum Gasteiger partial charge on any atom is 0.287 e. The molecule has 0 bridgehead atoms. The molecule has 29 heavy (non-hydrogen) atoms. The Morgan fingerprint density at radius 2 is 1.97 bits per heavy atom. The van der Waals surface area contributed by atoms with Crippen LogP contribution in [-0.4, -0.2) is 37.6 Å². The lowest BCUT2D eigenvalue weighted by Gasteiger charge is -2.29. The van der Waals surface area contributed by atoms with E-state index in [1.807, 2.05) is 37.3 Å². The maximum absolute atomic E-state index is 13.0. The molecule has 0 spiro atoms. The van der Waals surface area contributed by atoms with Gasteiger partial charge in [0.15, 0.2) is 11.3 Å². The highest BCUT2D eigenvalue weighted by Crippen LogP contribution is 2.33. The quantitative estimate of drug-likeness (QED) is 0.621. The van der Waals surface area contributed by atoms with Crippen LogP contribution in [0.4, 0.5) is 0 Å². The molecule has 1 aromatic heterocycles. The van der Waals surface area contributed by atoms with Gasteiger partial charge in [-0.05, 0) is 45.0 Å². The van der Waals surface area contributed by atoms with E-state index in [1.54, 1.807) is 13.2 Å². The van der Waals surface area contributed by atoms with Crippen LogP contribution in [0.1, 0.15) is 40.6 Å². The molecule has 1 saturated heterocycles.